The Hall–Kier alpha value is -2.60. The first-order chi connectivity index (χ1) is 13.8. The van der Waals surface area contributed by atoms with Crippen LogP contribution in [0.3, 0.4) is 0 Å². The number of rotatable bonds is 5. The number of hydrogen-bond acceptors (Lipinski definition) is 2. The average Bonchev–Trinajstić information content (AvgIpc) is 3.10. The molecule has 0 saturated heterocycles. The summed E-state index contributed by atoms with van der Waals surface area (Å²) in [6.07, 6.45) is 1.86. The highest BCUT2D eigenvalue weighted by Crippen LogP contribution is 2.31. The normalized spacial score (nSPS) is 12.9. The van der Waals surface area contributed by atoms with E-state index in [2.05, 4.69) is 15.8 Å². The lowest BCUT2D eigenvalue weighted by atomic mass is 9.98. The lowest BCUT2D eigenvalue weighted by Gasteiger charge is -2.20. The minimum absolute atomic E-state index is 0.234. The number of halogens is 1. The van der Waals surface area contributed by atoms with Crippen LogP contribution in [0.15, 0.2) is 77.8 Å². The molecule has 4 nitrogen and oxygen atoms in total. The smallest absolute Gasteiger partial charge is 0.241 e. The quantitative estimate of drug-likeness (QED) is 0.444. The fourth-order valence-corrected chi connectivity index (χ4v) is 4.73. The molecule has 0 aliphatic heterocycles. The number of sulfonamides is 1. The zero-order valence-electron chi connectivity index (χ0n) is 16.1. The molecular formula is C23H21ClN2O2S. The van der Waals surface area contributed by atoms with Crippen molar-refractivity contribution >= 4 is 32.5 Å². The van der Waals surface area contributed by atoms with Gasteiger partial charge in [-0.3, -0.25) is 0 Å². The maximum Gasteiger partial charge on any atom is 0.241 e. The van der Waals surface area contributed by atoms with Crippen molar-refractivity contribution in [3.8, 4) is 0 Å². The van der Waals surface area contributed by atoms with Gasteiger partial charge in [0.15, 0.2) is 0 Å². The second-order valence-corrected chi connectivity index (χ2v) is 9.36. The van der Waals surface area contributed by atoms with E-state index in [1.54, 1.807) is 36.4 Å². The van der Waals surface area contributed by atoms with Crippen LogP contribution >= 0.6 is 11.6 Å². The van der Waals surface area contributed by atoms with Crippen molar-refractivity contribution in [1.29, 1.82) is 0 Å². The highest BCUT2D eigenvalue weighted by molar-refractivity contribution is 7.89. The average molecular weight is 425 g/mol. The summed E-state index contributed by atoms with van der Waals surface area (Å²) in [5.74, 6) is 0. The first-order valence-electron chi connectivity index (χ1n) is 9.25. The third kappa shape index (κ3) is 4.08. The monoisotopic (exact) mass is 424 g/mol. The van der Waals surface area contributed by atoms with Gasteiger partial charge in [-0.15, -0.1) is 0 Å². The summed E-state index contributed by atoms with van der Waals surface area (Å²) < 4.78 is 29.2. The summed E-state index contributed by atoms with van der Waals surface area (Å²) in [6, 6.07) is 19.6. The molecule has 0 bridgehead atoms. The van der Waals surface area contributed by atoms with Gasteiger partial charge in [-0.2, -0.15) is 4.72 Å². The molecule has 4 aromatic rings. The van der Waals surface area contributed by atoms with E-state index >= 15 is 0 Å². The molecule has 0 unspecified atom stereocenters. The van der Waals surface area contributed by atoms with Gasteiger partial charge in [-0.25, -0.2) is 8.42 Å². The maximum absolute atomic E-state index is 13.1. The molecule has 4 rings (SSSR count). The Kier molecular flexibility index (Phi) is 5.21. The van der Waals surface area contributed by atoms with Crippen LogP contribution in [0.1, 0.15) is 28.3 Å². The number of aromatic nitrogens is 1. The van der Waals surface area contributed by atoms with Crippen LogP contribution in [0.4, 0.5) is 0 Å². The minimum atomic E-state index is -3.74. The minimum Gasteiger partial charge on any atom is -0.361 e. The van der Waals surface area contributed by atoms with E-state index in [4.69, 9.17) is 11.6 Å². The summed E-state index contributed by atoms with van der Waals surface area (Å²) in [5.41, 5.74) is 4.74. The molecule has 1 aromatic heterocycles. The molecule has 6 heteroatoms. The fraction of sp³-hybridized carbons (Fsp3) is 0.130. The zero-order valence-corrected chi connectivity index (χ0v) is 17.7. The second-order valence-electron chi connectivity index (χ2n) is 7.21. The van der Waals surface area contributed by atoms with Crippen molar-refractivity contribution in [2.75, 3.05) is 0 Å². The Morgan fingerprint density at radius 3 is 2.24 bits per heavy atom. The third-order valence-corrected chi connectivity index (χ3v) is 6.68. The van der Waals surface area contributed by atoms with Gasteiger partial charge in [0.2, 0.25) is 10.0 Å². The fourth-order valence-electron chi connectivity index (χ4n) is 3.40. The molecule has 0 spiro atoms. The SMILES string of the molecule is Cc1ccc(S(=O)(=O)N[C@H](c2ccc(Cl)cc2)c2c[nH]c3ccc(C)cc23)cc1. The maximum atomic E-state index is 13.1. The van der Waals surface area contributed by atoms with Gasteiger partial charge in [0.05, 0.1) is 10.9 Å². The molecule has 2 N–H and O–H groups in total. The van der Waals surface area contributed by atoms with E-state index in [1.807, 2.05) is 44.3 Å². The van der Waals surface area contributed by atoms with Crippen molar-refractivity contribution in [3.05, 3.63) is 100 Å². The summed E-state index contributed by atoms with van der Waals surface area (Å²) in [4.78, 5) is 3.48. The predicted molar refractivity (Wildman–Crippen MR) is 118 cm³/mol. The number of fused-ring (bicyclic) bond motifs is 1. The van der Waals surface area contributed by atoms with Crippen LogP contribution in [0.5, 0.6) is 0 Å². The number of nitrogens with one attached hydrogen (secondary N) is 2. The second kappa shape index (κ2) is 7.67. The van der Waals surface area contributed by atoms with Crippen LogP contribution in [-0.4, -0.2) is 13.4 Å². The summed E-state index contributed by atoms with van der Waals surface area (Å²) >= 11 is 6.06. The van der Waals surface area contributed by atoms with Crippen molar-refractivity contribution < 1.29 is 8.42 Å². The molecular weight excluding hydrogens is 404 g/mol. The van der Waals surface area contributed by atoms with Gasteiger partial charge in [0.1, 0.15) is 0 Å². The Balaban J connectivity index is 1.83. The van der Waals surface area contributed by atoms with E-state index in [0.29, 0.717) is 5.02 Å². The van der Waals surface area contributed by atoms with Crippen LogP contribution in [0.25, 0.3) is 10.9 Å². The van der Waals surface area contributed by atoms with Crippen molar-refractivity contribution in [3.63, 3.8) is 0 Å². The van der Waals surface area contributed by atoms with Gasteiger partial charge in [-0.05, 0) is 61.4 Å². The molecule has 1 heterocycles. The van der Waals surface area contributed by atoms with Gasteiger partial charge < -0.3 is 4.98 Å². The summed E-state index contributed by atoms with van der Waals surface area (Å²) in [7, 11) is -3.74. The molecule has 0 aliphatic rings. The highest BCUT2D eigenvalue weighted by atomic mass is 35.5. The third-order valence-electron chi connectivity index (χ3n) is 4.99. The van der Waals surface area contributed by atoms with E-state index in [-0.39, 0.29) is 4.90 Å². The molecule has 3 aromatic carbocycles. The number of H-pyrrole nitrogens is 1. The summed E-state index contributed by atoms with van der Waals surface area (Å²) in [5, 5.41) is 1.58. The van der Waals surface area contributed by atoms with Gasteiger partial charge in [-0.1, -0.05) is 53.1 Å². The molecule has 0 amide bonds. The van der Waals surface area contributed by atoms with Crippen molar-refractivity contribution in [1.82, 2.24) is 9.71 Å². The number of aryl methyl sites for hydroxylation is 2. The Bertz CT molecular complexity index is 1260. The molecule has 0 radical (unpaired) electrons. The standard InChI is InChI=1S/C23H21ClN2O2S/c1-15-3-10-19(11-4-15)29(27,28)26-23(17-6-8-18(24)9-7-17)21-14-25-22-12-5-16(2)13-20(21)22/h3-14,23,25-26H,1-2H3/t23-/m1/s1. The molecule has 1 atom stereocenters. The molecule has 0 fully saturated rings. The van der Waals surface area contributed by atoms with E-state index in [1.165, 1.54) is 0 Å². The lowest BCUT2D eigenvalue weighted by molar-refractivity contribution is 0.572. The molecule has 29 heavy (non-hydrogen) atoms. The highest BCUT2D eigenvalue weighted by Gasteiger charge is 2.25. The number of benzene rings is 3. The van der Waals surface area contributed by atoms with E-state index in [9.17, 15) is 8.42 Å². The Morgan fingerprint density at radius 1 is 0.897 bits per heavy atom. The Morgan fingerprint density at radius 2 is 1.55 bits per heavy atom. The lowest BCUT2D eigenvalue weighted by Crippen LogP contribution is -2.29. The number of aromatic amines is 1. The van der Waals surface area contributed by atoms with Gasteiger partial charge in [0.25, 0.3) is 0 Å². The number of hydrogen-bond donors (Lipinski definition) is 2. The Labute approximate surface area is 175 Å². The topological polar surface area (TPSA) is 62.0 Å². The van der Waals surface area contributed by atoms with Crippen LogP contribution in [0, 0.1) is 13.8 Å². The predicted octanol–water partition coefficient (Wildman–Crippen LogP) is 5.51. The summed E-state index contributed by atoms with van der Waals surface area (Å²) in [6.45, 7) is 3.94. The van der Waals surface area contributed by atoms with Crippen molar-refractivity contribution in [2.45, 2.75) is 24.8 Å². The van der Waals surface area contributed by atoms with Crippen LogP contribution < -0.4 is 4.72 Å². The van der Waals surface area contributed by atoms with E-state index in [0.717, 1.165) is 33.2 Å². The first kappa shape index (κ1) is 19.7. The molecule has 0 saturated carbocycles. The van der Waals surface area contributed by atoms with E-state index < -0.39 is 16.1 Å². The van der Waals surface area contributed by atoms with Crippen LogP contribution in [0.2, 0.25) is 5.02 Å². The molecule has 148 valence electrons. The van der Waals surface area contributed by atoms with Crippen molar-refractivity contribution in [2.24, 2.45) is 0 Å². The molecule has 0 aliphatic carbocycles. The first-order valence-corrected chi connectivity index (χ1v) is 11.1. The largest absolute Gasteiger partial charge is 0.361 e. The van der Waals surface area contributed by atoms with Gasteiger partial charge >= 0.3 is 0 Å². The van der Waals surface area contributed by atoms with Crippen LogP contribution in [-0.2, 0) is 10.0 Å². The van der Waals surface area contributed by atoms with Gasteiger partial charge in [0, 0.05) is 22.1 Å². The zero-order chi connectivity index (χ0) is 20.6.